The molecule has 0 bridgehead atoms. The second-order valence-corrected chi connectivity index (χ2v) is 9.25. The molecule has 0 N–H and O–H groups in total. The molecule has 2 fully saturated rings. The Morgan fingerprint density at radius 1 is 0.774 bits per heavy atom. The van der Waals surface area contributed by atoms with E-state index in [0.29, 0.717) is 18.1 Å². The zero-order chi connectivity index (χ0) is 21.5. The number of carbonyl (C=O) groups excluding carboxylic acids is 2. The molecule has 2 aromatic carbocycles. The Morgan fingerprint density at radius 2 is 1.39 bits per heavy atom. The lowest BCUT2D eigenvalue weighted by Gasteiger charge is -2.38. The number of carbonyl (C=O) groups is 2. The maximum Gasteiger partial charge on any atom is 0.362 e. The van der Waals surface area contributed by atoms with Crippen LogP contribution in [0.15, 0.2) is 54.6 Å². The minimum Gasteiger partial charge on any atom is -0.461 e. The Labute approximate surface area is 185 Å². The third kappa shape index (κ3) is 5.43. The average molecular weight is 421 g/mol. The molecular formula is C27H34NO3+. The van der Waals surface area contributed by atoms with Gasteiger partial charge in [-0.1, -0.05) is 61.7 Å². The molecule has 0 radical (unpaired) electrons. The number of piperidine rings is 1. The first kappa shape index (κ1) is 21.8. The van der Waals surface area contributed by atoms with Crippen molar-refractivity contribution < 1.29 is 18.8 Å². The van der Waals surface area contributed by atoms with Crippen LogP contribution in [0.4, 0.5) is 0 Å². The van der Waals surface area contributed by atoms with E-state index in [9.17, 15) is 9.59 Å². The van der Waals surface area contributed by atoms with E-state index in [4.69, 9.17) is 4.74 Å². The number of ether oxygens (including phenoxy) is 1. The van der Waals surface area contributed by atoms with E-state index in [1.807, 2.05) is 42.5 Å². The fourth-order valence-corrected chi connectivity index (χ4v) is 5.12. The number of benzene rings is 2. The number of likely N-dealkylation sites (tertiary alicyclic amines) is 1. The van der Waals surface area contributed by atoms with Gasteiger partial charge in [0.2, 0.25) is 0 Å². The molecule has 4 heteroatoms. The second kappa shape index (κ2) is 10.2. The van der Waals surface area contributed by atoms with Gasteiger partial charge in [0.15, 0.2) is 6.54 Å². The number of quaternary nitrogens is 1. The zero-order valence-corrected chi connectivity index (χ0v) is 18.4. The van der Waals surface area contributed by atoms with E-state index >= 15 is 0 Å². The predicted octanol–water partition coefficient (Wildman–Crippen LogP) is 5.62. The Kier molecular flexibility index (Phi) is 7.18. The molecule has 1 saturated heterocycles. The van der Waals surface area contributed by atoms with Crippen molar-refractivity contribution in [3.05, 3.63) is 60.2 Å². The lowest BCUT2D eigenvalue weighted by molar-refractivity contribution is -0.847. The van der Waals surface area contributed by atoms with Gasteiger partial charge in [0.25, 0.3) is 0 Å². The van der Waals surface area contributed by atoms with E-state index in [-0.39, 0.29) is 22.9 Å². The van der Waals surface area contributed by atoms with Crippen molar-refractivity contribution in [3.8, 4) is 11.1 Å². The third-order valence-electron chi connectivity index (χ3n) is 6.98. The van der Waals surface area contributed by atoms with Crippen molar-refractivity contribution in [1.82, 2.24) is 0 Å². The van der Waals surface area contributed by atoms with Crippen LogP contribution >= 0.6 is 0 Å². The summed E-state index contributed by atoms with van der Waals surface area (Å²) in [6, 6.07) is 18.0. The highest BCUT2D eigenvalue weighted by molar-refractivity contribution is 5.91. The maximum absolute atomic E-state index is 13.6. The molecule has 0 spiro atoms. The summed E-state index contributed by atoms with van der Waals surface area (Å²) in [7, 11) is 0. The van der Waals surface area contributed by atoms with Crippen LogP contribution in [0.2, 0.25) is 0 Å². The van der Waals surface area contributed by atoms with Crippen molar-refractivity contribution in [3.63, 3.8) is 0 Å². The lowest BCUT2D eigenvalue weighted by Crippen LogP contribution is -2.58. The molecule has 4 nitrogen and oxygen atoms in total. The monoisotopic (exact) mass is 420 g/mol. The molecular weight excluding hydrogens is 386 g/mol. The van der Waals surface area contributed by atoms with E-state index < -0.39 is 0 Å². The van der Waals surface area contributed by atoms with E-state index in [1.165, 1.54) is 19.3 Å². The van der Waals surface area contributed by atoms with Crippen LogP contribution < -0.4 is 0 Å². The number of rotatable bonds is 6. The summed E-state index contributed by atoms with van der Waals surface area (Å²) < 4.78 is 5.87. The molecule has 164 valence electrons. The highest BCUT2D eigenvalue weighted by atomic mass is 16.5. The Hall–Kier alpha value is -2.46. The zero-order valence-electron chi connectivity index (χ0n) is 18.4. The first-order chi connectivity index (χ1) is 15.2. The number of hydrogen-bond acceptors (Lipinski definition) is 3. The molecule has 1 heterocycles. The molecule has 1 aliphatic heterocycles. The summed E-state index contributed by atoms with van der Waals surface area (Å²) in [5, 5.41) is 0. The van der Waals surface area contributed by atoms with Crippen LogP contribution in [-0.4, -0.2) is 42.6 Å². The van der Waals surface area contributed by atoms with Gasteiger partial charge in [-0.05, 0) is 61.3 Å². The van der Waals surface area contributed by atoms with Gasteiger partial charge in [-0.15, -0.1) is 0 Å². The molecule has 1 saturated carbocycles. The van der Waals surface area contributed by atoms with Crippen LogP contribution in [0.3, 0.4) is 0 Å². The van der Waals surface area contributed by atoms with Crippen molar-refractivity contribution in [2.45, 2.75) is 51.4 Å². The molecule has 0 atom stereocenters. The van der Waals surface area contributed by atoms with Gasteiger partial charge in [0, 0.05) is 0 Å². The van der Waals surface area contributed by atoms with Gasteiger partial charge in [-0.3, -0.25) is 0 Å². The van der Waals surface area contributed by atoms with Crippen molar-refractivity contribution in [2.75, 3.05) is 26.2 Å². The fourth-order valence-electron chi connectivity index (χ4n) is 5.12. The number of amides is 1. The molecule has 2 aromatic rings. The van der Waals surface area contributed by atoms with Crippen molar-refractivity contribution in [2.24, 2.45) is 5.92 Å². The van der Waals surface area contributed by atoms with Crippen molar-refractivity contribution in [1.29, 1.82) is 0 Å². The summed E-state index contributed by atoms with van der Waals surface area (Å²) in [6.07, 6.45) is 9.14. The third-order valence-corrected chi connectivity index (χ3v) is 6.98. The summed E-state index contributed by atoms with van der Waals surface area (Å²) >= 11 is 0. The Morgan fingerprint density at radius 3 is 2.06 bits per heavy atom. The van der Waals surface area contributed by atoms with Gasteiger partial charge >= 0.3 is 11.9 Å². The normalized spacial score (nSPS) is 19.0. The SMILES string of the molecule is O=C(C[N+]1(C(=O)c2ccc(-c3ccccc3)cc2)CCCCC1)OCC1CCCCC1. The van der Waals surface area contributed by atoms with E-state index in [2.05, 4.69) is 12.1 Å². The van der Waals surface area contributed by atoms with Gasteiger partial charge in [0.1, 0.15) is 0 Å². The van der Waals surface area contributed by atoms with Crippen LogP contribution in [0, 0.1) is 5.92 Å². The topological polar surface area (TPSA) is 43.4 Å². The molecule has 4 rings (SSSR count). The molecule has 31 heavy (non-hydrogen) atoms. The minimum atomic E-state index is -0.221. The van der Waals surface area contributed by atoms with E-state index in [1.54, 1.807) is 0 Å². The van der Waals surface area contributed by atoms with Gasteiger partial charge in [-0.2, -0.15) is 0 Å². The molecule has 2 aliphatic rings. The fraction of sp³-hybridized carbons (Fsp3) is 0.481. The van der Waals surface area contributed by atoms with Crippen LogP contribution in [0.25, 0.3) is 11.1 Å². The molecule has 0 aromatic heterocycles. The van der Waals surface area contributed by atoms with Crippen LogP contribution in [0.5, 0.6) is 0 Å². The molecule has 0 unspecified atom stereocenters. The van der Waals surface area contributed by atoms with E-state index in [0.717, 1.165) is 56.3 Å². The number of nitrogens with zero attached hydrogens (tertiary/aromatic N) is 1. The summed E-state index contributed by atoms with van der Waals surface area (Å²) in [5.41, 5.74) is 2.91. The van der Waals surface area contributed by atoms with Crippen LogP contribution in [0.1, 0.15) is 61.7 Å². The number of hydrogen-bond donors (Lipinski definition) is 0. The smallest absolute Gasteiger partial charge is 0.362 e. The Bertz CT molecular complexity index is 863. The first-order valence-corrected chi connectivity index (χ1v) is 11.9. The standard InChI is InChI=1S/C27H34NO3/c29-26(31-21-22-10-4-1-5-11-22)20-28(18-8-3-9-19-28)27(30)25-16-14-24(15-17-25)23-12-6-2-7-13-23/h2,6-7,12-17,22H,1,3-5,8-11,18-21H2/q+1. The molecule has 1 amide bonds. The largest absolute Gasteiger partial charge is 0.461 e. The van der Waals surface area contributed by atoms with Gasteiger partial charge < -0.3 is 4.74 Å². The maximum atomic E-state index is 13.6. The van der Waals surface area contributed by atoms with Crippen LogP contribution in [-0.2, 0) is 9.53 Å². The Balaban J connectivity index is 1.44. The average Bonchev–Trinajstić information content (AvgIpc) is 2.84. The predicted molar refractivity (Wildman–Crippen MR) is 122 cm³/mol. The quantitative estimate of drug-likeness (QED) is 0.450. The number of esters is 1. The van der Waals surface area contributed by atoms with Crippen molar-refractivity contribution >= 4 is 11.9 Å². The van der Waals surface area contributed by atoms with Gasteiger partial charge in [0.05, 0.1) is 25.3 Å². The summed E-state index contributed by atoms with van der Waals surface area (Å²) in [4.78, 5) is 26.3. The van der Waals surface area contributed by atoms with Gasteiger partial charge in [-0.25, -0.2) is 14.1 Å². The summed E-state index contributed by atoms with van der Waals surface area (Å²) in [6.45, 7) is 2.11. The molecule has 1 aliphatic carbocycles. The lowest BCUT2D eigenvalue weighted by atomic mass is 9.90. The first-order valence-electron chi connectivity index (χ1n) is 11.9. The minimum absolute atomic E-state index is 0.0499. The highest BCUT2D eigenvalue weighted by Gasteiger charge is 2.41. The highest BCUT2D eigenvalue weighted by Crippen LogP contribution is 2.27. The second-order valence-electron chi connectivity index (χ2n) is 9.25. The summed E-state index contributed by atoms with van der Waals surface area (Å²) in [5.74, 6) is 0.324.